The normalized spacial score (nSPS) is 47.8. The maximum Gasteiger partial charge on any atom is 0.0967 e. The maximum atomic E-state index is 9.74. The molecular formula is C10H19NO3. The largest absolute Gasteiger partial charge is 0.393 e. The third-order valence-electron chi connectivity index (χ3n) is 3.60. The summed E-state index contributed by atoms with van der Waals surface area (Å²) in [6, 6.07) is -0.0799. The summed E-state index contributed by atoms with van der Waals surface area (Å²) in [4.78, 5) is 2.12. The van der Waals surface area contributed by atoms with Gasteiger partial charge >= 0.3 is 0 Å². The Morgan fingerprint density at radius 1 is 1.21 bits per heavy atom. The zero-order valence-corrected chi connectivity index (χ0v) is 8.72. The third kappa shape index (κ3) is 1.46. The molecule has 2 fully saturated rings. The van der Waals surface area contributed by atoms with Gasteiger partial charge in [0.15, 0.2) is 0 Å². The number of nitrogens with zero attached hydrogens (tertiary/aromatic N) is 1. The van der Waals surface area contributed by atoms with Crippen molar-refractivity contribution in [2.24, 2.45) is 0 Å². The first-order chi connectivity index (χ1) is 6.42. The molecule has 2 heterocycles. The highest BCUT2D eigenvalue weighted by molar-refractivity contribution is 5.04. The van der Waals surface area contributed by atoms with Crippen molar-refractivity contribution in [3.8, 4) is 0 Å². The average molecular weight is 201 g/mol. The SMILES string of the molecule is CC1(C)C[C@@H](O)C[C@H]2[C@H](O)[C@H](O)CN21. The van der Waals surface area contributed by atoms with Crippen molar-refractivity contribution in [2.45, 2.75) is 56.6 Å². The van der Waals surface area contributed by atoms with Gasteiger partial charge < -0.3 is 15.3 Å². The number of aliphatic hydroxyl groups is 3. The lowest BCUT2D eigenvalue weighted by atomic mass is 9.85. The Labute approximate surface area is 84.2 Å². The molecular weight excluding hydrogens is 182 g/mol. The van der Waals surface area contributed by atoms with Crippen LogP contribution in [-0.2, 0) is 0 Å². The molecule has 0 aliphatic carbocycles. The Kier molecular flexibility index (Phi) is 2.34. The molecule has 0 aromatic heterocycles. The maximum absolute atomic E-state index is 9.74. The fourth-order valence-corrected chi connectivity index (χ4v) is 2.90. The third-order valence-corrected chi connectivity index (χ3v) is 3.60. The summed E-state index contributed by atoms with van der Waals surface area (Å²) >= 11 is 0. The molecule has 0 saturated carbocycles. The fraction of sp³-hybridized carbons (Fsp3) is 1.00. The molecule has 4 heteroatoms. The number of piperidine rings is 1. The van der Waals surface area contributed by atoms with Gasteiger partial charge in [-0.2, -0.15) is 0 Å². The van der Waals surface area contributed by atoms with Crippen LogP contribution in [0.4, 0.5) is 0 Å². The Balaban J connectivity index is 2.21. The molecule has 2 aliphatic rings. The van der Waals surface area contributed by atoms with Gasteiger partial charge in [-0.25, -0.2) is 0 Å². The molecule has 0 amide bonds. The van der Waals surface area contributed by atoms with Crippen molar-refractivity contribution < 1.29 is 15.3 Å². The van der Waals surface area contributed by atoms with Gasteiger partial charge in [-0.05, 0) is 26.7 Å². The first-order valence-corrected chi connectivity index (χ1v) is 5.23. The van der Waals surface area contributed by atoms with Gasteiger partial charge in [0.05, 0.1) is 18.3 Å². The summed E-state index contributed by atoms with van der Waals surface area (Å²) in [5.41, 5.74) is -0.124. The predicted molar refractivity (Wildman–Crippen MR) is 51.8 cm³/mol. The van der Waals surface area contributed by atoms with Crippen LogP contribution in [0.3, 0.4) is 0 Å². The van der Waals surface area contributed by atoms with Crippen LogP contribution in [0.1, 0.15) is 26.7 Å². The van der Waals surface area contributed by atoms with Crippen molar-refractivity contribution in [3.63, 3.8) is 0 Å². The van der Waals surface area contributed by atoms with Gasteiger partial charge in [0.2, 0.25) is 0 Å². The van der Waals surface area contributed by atoms with Crippen molar-refractivity contribution >= 4 is 0 Å². The quantitative estimate of drug-likeness (QED) is 0.486. The summed E-state index contributed by atoms with van der Waals surface area (Å²) in [5.74, 6) is 0. The van der Waals surface area contributed by atoms with E-state index >= 15 is 0 Å². The predicted octanol–water partition coefficient (Wildman–Crippen LogP) is -0.674. The van der Waals surface area contributed by atoms with E-state index in [9.17, 15) is 15.3 Å². The zero-order chi connectivity index (χ0) is 10.5. The Morgan fingerprint density at radius 2 is 1.86 bits per heavy atom. The summed E-state index contributed by atoms with van der Waals surface area (Å²) in [6.07, 6.45) is -0.440. The second-order valence-electron chi connectivity index (χ2n) is 5.18. The molecule has 2 saturated heterocycles. The van der Waals surface area contributed by atoms with Crippen molar-refractivity contribution in [1.82, 2.24) is 4.90 Å². The van der Waals surface area contributed by atoms with E-state index in [0.717, 1.165) is 0 Å². The minimum atomic E-state index is -0.704. The highest BCUT2D eigenvalue weighted by Gasteiger charge is 2.50. The van der Waals surface area contributed by atoms with E-state index in [1.807, 2.05) is 13.8 Å². The highest BCUT2D eigenvalue weighted by Crippen LogP contribution is 2.37. The molecule has 0 aromatic rings. The average Bonchev–Trinajstić information content (AvgIpc) is 2.31. The minimum Gasteiger partial charge on any atom is -0.393 e. The molecule has 0 radical (unpaired) electrons. The number of hydrogen-bond acceptors (Lipinski definition) is 4. The van der Waals surface area contributed by atoms with Gasteiger partial charge in [0.25, 0.3) is 0 Å². The molecule has 4 atom stereocenters. The van der Waals surface area contributed by atoms with Crippen LogP contribution in [-0.4, -0.2) is 56.7 Å². The molecule has 14 heavy (non-hydrogen) atoms. The van der Waals surface area contributed by atoms with Crippen LogP contribution in [0.2, 0.25) is 0 Å². The van der Waals surface area contributed by atoms with E-state index in [1.165, 1.54) is 0 Å². The molecule has 2 aliphatic heterocycles. The molecule has 4 nitrogen and oxygen atoms in total. The first kappa shape index (κ1) is 10.4. The van der Waals surface area contributed by atoms with Crippen molar-refractivity contribution in [2.75, 3.05) is 6.54 Å². The molecule has 0 bridgehead atoms. The standard InChI is InChI=1S/C10H19NO3/c1-10(2)4-6(12)3-7-9(14)8(13)5-11(7)10/h6-9,12-14H,3-5H2,1-2H3/t6-,7-,8+,9-/m0/s1. The summed E-state index contributed by atoms with van der Waals surface area (Å²) in [6.45, 7) is 4.62. The topological polar surface area (TPSA) is 63.9 Å². The zero-order valence-electron chi connectivity index (χ0n) is 8.72. The summed E-state index contributed by atoms with van der Waals surface area (Å²) < 4.78 is 0. The number of hydrogen-bond donors (Lipinski definition) is 3. The van der Waals surface area contributed by atoms with E-state index in [0.29, 0.717) is 19.4 Å². The summed E-state index contributed by atoms with van der Waals surface area (Å²) in [7, 11) is 0. The van der Waals surface area contributed by atoms with Crippen LogP contribution in [0.5, 0.6) is 0 Å². The number of fused-ring (bicyclic) bond motifs is 1. The van der Waals surface area contributed by atoms with E-state index < -0.39 is 12.2 Å². The Hall–Kier alpha value is -0.160. The second kappa shape index (κ2) is 3.17. The van der Waals surface area contributed by atoms with Gasteiger partial charge in [-0.1, -0.05) is 0 Å². The number of aliphatic hydroxyl groups excluding tert-OH is 3. The van der Waals surface area contributed by atoms with E-state index in [1.54, 1.807) is 0 Å². The molecule has 2 rings (SSSR count). The fourth-order valence-electron chi connectivity index (χ4n) is 2.90. The van der Waals surface area contributed by atoms with Crippen LogP contribution in [0.25, 0.3) is 0 Å². The monoisotopic (exact) mass is 201 g/mol. The van der Waals surface area contributed by atoms with Crippen LogP contribution in [0, 0.1) is 0 Å². The van der Waals surface area contributed by atoms with Gasteiger partial charge in [-0.15, -0.1) is 0 Å². The van der Waals surface area contributed by atoms with Crippen molar-refractivity contribution in [1.29, 1.82) is 0 Å². The molecule has 0 spiro atoms. The van der Waals surface area contributed by atoms with E-state index in [4.69, 9.17) is 0 Å². The van der Waals surface area contributed by atoms with E-state index in [2.05, 4.69) is 4.90 Å². The summed E-state index contributed by atoms with van der Waals surface area (Å²) in [5, 5.41) is 29.0. The Morgan fingerprint density at radius 3 is 2.50 bits per heavy atom. The lowest BCUT2D eigenvalue weighted by Gasteiger charge is -2.46. The first-order valence-electron chi connectivity index (χ1n) is 5.23. The number of rotatable bonds is 0. The van der Waals surface area contributed by atoms with Gasteiger partial charge in [0, 0.05) is 18.1 Å². The van der Waals surface area contributed by atoms with Gasteiger partial charge in [0.1, 0.15) is 0 Å². The smallest absolute Gasteiger partial charge is 0.0967 e. The molecule has 82 valence electrons. The minimum absolute atomic E-state index is 0.0799. The lowest BCUT2D eigenvalue weighted by molar-refractivity contribution is -0.0466. The molecule has 0 unspecified atom stereocenters. The van der Waals surface area contributed by atoms with Crippen LogP contribution in [0.15, 0.2) is 0 Å². The highest BCUT2D eigenvalue weighted by atomic mass is 16.3. The van der Waals surface area contributed by atoms with E-state index in [-0.39, 0.29) is 17.7 Å². The lowest BCUT2D eigenvalue weighted by Crippen LogP contribution is -2.55. The van der Waals surface area contributed by atoms with Gasteiger partial charge in [-0.3, -0.25) is 4.90 Å². The second-order valence-corrected chi connectivity index (χ2v) is 5.18. The number of β-amino-alcohol motifs (C(OH)–C–C–N with tert-alkyl or cyclic N) is 1. The van der Waals surface area contributed by atoms with Crippen LogP contribution >= 0.6 is 0 Å². The van der Waals surface area contributed by atoms with Crippen molar-refractivity contribution in [3.05, 3.63) is 0 Å². The molecule has 3 N–H and O–H groups in total. The Bertz CT molecular complexity index is 231. The molecule has 0 aromatic carbocycles. The van der Waals surface area contributed by atoms with Crippen LogP contribution < -0.4 is 0 Å².